The maximum absolute atomic E-state index is 11.0. The molecule has 17 heavy (non-hydrogen) atoms. The van der Waals surface area contributed by atoms with Gasteiger partial charge in [-0.25, -0.2) is 0 Å². The van der Waals surface area contributed by atoms with Gasteiger partial charge in [0, 0.05) is 12.5 Å². The Hall–Kier alpha value is -1.39. The molecule has 1 amide bonds. The van der Waals surface area contributed by atoms with E-state index in [2.05, 4.69) is 5.32 Å². The van der Waals surface area contributed by atoms with Gasteiger partial charge in [0.15, 0.2) is 0 Å². The molecule has 0 bridgehead atoms. The number of rotatable bonds is 6. The van der Waals surface area contributed by atoms with E-state index in [4.69, 9.17) is 5.73 Å². The quantitative estimate of drug-likeness (QED) is 0.677. The average molecular weight is 236 g/mol. The molecule has 0 heterocycles. The van der Waals surface area contributed by atoms with Crippen molar-refractivity contribution >= 4 is 5.91 Å². The van der Waals surface area contributed by atoms with Gasteiger partial charge in [0.25, 0.3) is 0 Å². The molecule has 0 aromatic heterocycles. The molecule has 0 saturated carbocycles. The summed E-state index contributed by atoms with van der Waals surface area (Å²) in [6.07, 6.45) is 0. The molecule has 0 spiro atoms. The first-order valence-electron chi connectivity index (χ1n) is 5.70. The van der Waals surface area contributed by atoms with Crippen molar-refractivity contribution in [2.24, 2.45) is 11.7 Å². The Morgan fingerprint density at radius 3 is 2.53 bits per heavy atom. The summed E-state index contributed by atoms with van der Waals surface area (Å²) in [4.78, 5) is 11.0. The number of hydrogen-bond acceptors (Lipinski definition) is 3. The minimum atomic E-state index is -0.551. The van der Waals surface area contributed by atoms with Gasteiger partial charge in [-0.1, -0.05) is 37.3 Å². The molecular weight excluding hydrogens is 216 g/mol. The summed E-state index contributed by atoms with van der Waals surface area (Å²) >= 11 is 0. The molecule has 1 rings (SSSR count). The lowest BCUT2D eigenvalue weighted by molar-refractivity contribution is -0.121. The van der Waals surface area contributed by atoms with Gasteiger partial charge in [-0.15, -0.1) is 0 Å². The second kappa shape index (κ2) is 5.80. The Bertz CT molecular complexity index is 367. The first kappa shape index (κ1) is 13.7. The van der Waals surface area contributed by atoms with Crippen molar-refractivity contribution < 1.29 is 9.90 Å². The topological polar surface area (TPSA) is 75.3 Å². The number of hydrogen-bond donors (Lipinski definition) is 3. The summed E-state index contributed by atoms with van der Waals surface area (Å²) in [7, 11) is 0. The van der Waals surface area contributed by atoms with Crippen LogP contribution in [-0.4, -0.2) is 24.2 Å². The average Bonchev–Trinajstić information content (AvgIpc) is 2.36. The number of carbonyl (C=O) groups excluding carboxylic acids is 1. The summed E-state index contributed by atoms with van der Waals surface area (Å²) in [6, 6.07) is 9.65. The lowest BCUT2D eigenvalue weighted by Crippen LogP contribution is -2.46. The summed E-state index contributed by atoms with van der Waals surface area (Å²) < 4.78 is 0. The van der Waals surface area contributed by atoms with E-state index in [-0.39, 0.29) is 18.4 Å². The minimum Gasteiger partial charge on any atom is -0.394 e. The fraction of sp³-hybridized carbons (Fsp3) is 0.462. The lowest BCUT2D eigenvalue weighted by Gasteiger charge is -2.30. The zero-order valence-corrected chi connectivity index (χ0v) is 10.3. The van der Waals surface area contributed by atoms with E-state index in [1.165, 1.54) is 0 Å². The van der Waals surface area contributed by atoms with Crippen molar-refractivity contribution in [3.8, 4) is 0 Å². The molecule has 0 fully saturated rings. The fourth-order valence-electron chi connectivity index (χ4n) is 1.53. The van der Waals surface area contributed by atoms with Crippen molar-refractivity contribution in [1.82, 2.24) is 5.32 Å². The Morgan fingerprint density at radius 1 is 1.47 bits per heavy atom. The van der Waals surface area contributed by atoms with E-state index >= 15 is 0 Å². The molecule has 0 aliphatic heterocycles. The summed E-state index contributed by atoms with van der Waals surface area (Å²) in [5.74, 6) is -0.601. The Kier molecular flexibility index (Phi) is 4.66. The van der Waals surface area contributed by atoms with Crippen molar-refractivity contribution in [1.29, 1.82) is 0 Å². The predicted octanol–water partition coefficient (Wildman–Crippen LogP) is 0.605. The predicted molar refractivity (Wildman–Crippen MR) is 67.2 cm³/mol. The molecule has 2 atom stereocenters. The molecule has 4 nitrogen and oxygen atoms in total. The van der Waals surface area contributed by atoms with Crippen LogP contribution in [0, 0.1) is 5.92 Å². The smallest absolute Gasteiger partial charge is 0.221 e. The molecule has 1 aromatic rings. The molecule has 0 aliphatic rings. The van der Waals surface area contributed by atoms with E-state index in [0.29, 0.717) is 6.54 Å². The number of aliphatic hydroxyl groups is 1. The highest BCUT2D eigenvalue weighted by Gasteiger charge is 2.26. The van der Waals surface area contributed by atoms with Crippen LogP contribution in [0.5, 0.6) is 0 Å². The molecule has 2 unspecified atom stereocenters. The monoisotopic (exact) mass is 236 g/mol. The third-order valence-electron chi connectivity index (χ3n) is 3.01. The lowest BCUT2D eigenvalue weighted by atomic mass is 9.92. The summed E-state index contributed by atoms with van der Waals surface area (Å²) in [6.45, 7) is 4.07. The zero-order valence-electron chi connectivity index (χ0n) is 10.3. The molecule has 0 radical (unpaired) electrons. The van der Waals surface area contributed by atoms with E-state index in [1.807, 2.05) is 37.3 Å². The van der Waals surface area contributed by atoms with Gasteiger partial charge in [-0.3, -0.25) is 4.79 Å². The number of aliphatic hydroxyl groups excluding tert-OH is 1. The van der Waals surface area contributed by atoms with Gasteiger partial charge in [0.05, 0.1) is 12.1 Å². The van der Waals surface area contributed by atoms with Crippen LogP contribution in [0.1, 0.15) is 19.4 Å². The number of amides is 1. The Labute approximate surface area is 102 Å². The molecular formula is C13H20N2O2. The zero-order chi connectivity index (χ0) is 12.9. The largest absolute Gasteiger partial charge is 0.394 e. The van der Waals surface area contributed by atoms with Crippen LogP contribution >= 0.6 is 0 Å². The highest BCUT2D eigenvalue weighted by atomic mass is 16.3. The molecule has 0 aliphatic carbocycles. The maximum atomic E-state index is 11.0. The third kappa shape index (κ3) is 3.54. The van der Waals surface area contributed by atoms with Gasteiger partial charge in [0.1, 0.15) is 0 Å². The van der Waals surface area contributed by atoms with Gasteiger partial charge in [-0.2, -0.15) is 0 Å². The van der Waals surface area contributed by atoms with Crippen LogP contribution < -0.4 is 11.1 Å². The summed E-state index contributed by atoms with van der Waals surface area (Å²) in [5, 5.41) is 12.7. The summed E-state index contributed by atoms with van der Waals surface area (Å²) in [5.41, 5.74) is 5.64. The van der Waals surface area contributed by atoms with Crippen LogP contribution in [0.4, 0.5) is 0 Å². The number of primary amides is 1. The second-order valence-electron chi connectivity index (χ2n) is 4.54. The van der Waals surface area contributed by atoms with Gasteiger partial charge in [0.2, 0.25) is 5.91 Å². The van der Waals surface area contributed by atoms with Crippen molar-refractivity contribution in [2.75, 3.05) is 13.2 Å². The molecule has 94 valence electrons. The maximum Gasteiger partial charge on any atom is 0.221 e. The Balaban J connectivity index is 2.73. The number of benzene rings is 1. The molecule has 4 heteroatoms. The SMILES string of the molecule is CC(CNC(C)(CO)c1ccccc1)C(N)=O. The highest BCUT2D eigenvalue weighted by molar-refractivity contribution is 5.76. The van der Waals surface area contributed by atoms with Crippen molar-refractivity contribution in [2.45, 2.75) is 19.4 Å². The van der Waals surface area contributed by atoms with Crippen LogP contribution in [0.15, 0.2) is 30.3 Å². The van der Waals surface area contributed by atoms with Crippen LogP contribution in [0.25, 0.3) is 0 Å². The minimum absolute atomic E-state index is 0.0392. The molecule has 4 N–H and O–H groups in total. The van der Waals surface area contributed by atoms with Crippen LogP contribution in [-0.2, 0) is 10.3 Å². The first-order valence-corrected chi connectivity index (χ1v) is 5.70. The van der Waals surface area contributed by atoms with E-state index in [0.717, 1.165) is 5.56 Å². The van der Waals surface area contributed by atoms with Gasteiger partial charge in [-0.05, 0) is 12.5 Å². The normalized spacial score (nSPS) is 16.2. The standard InChI is InChI=1S/C13H20N2O2/c1-10(12(14)17)8-15-13(2,9-16)11-6-4-3-5-7-11/h3-7,10,15-16H,8-9H2,1-2H3,(H2,14,17). The second-order valence-corrected chi connectivity index (χ2v) is 4.54. The van der Waals surface area contributed by atoms with Gasteiger partial charge < -0.3 is 16.2 Å². The molecule has 0 saturated heterocycles. The Morgan fingerprint density at radius 2 is 2.06 bits per heavy atom. The van der Waals surface area contributed by atoms with E-state index in [9.17, 15) is 9.90 Å². The van der Waals surface area contributed by atoms with Crippen molar-refractivity contribution in [3.63, 3.8) is 0 Å². The van der Waals surface area contributed by atoms with Gasteiger partial charge >= 0.3 is 0 Å². The first-order chi connectivity index (χ1) is 7.99. The fourth-order valence-corrected chi connectivity index (χ4v) is 1.53. The molecule has 1 aromatic carbocycles. The van der Waals surface area contributed by atoms with Crippen molar-refractivity contribution in [3.05, 3.63) is 35.9 Å². The van der Waals surface area contributed by atoms with E-state index in [1.54, 1.807) is 6.92 Å². The highest BCUT2D eigenvalue weighted by Crippen LogP contribution is 2.19. The number of nitrogens with one attached hydrogen (secondary N) is 1. The number of carbonyl (C=O) groups is 1. The van der Waals surface area contributed by atoms with Crippen LogP contribution in [0.2, 0.25) is 0 Å². The third-order valence-corrected chi connectivity index (χ3v) is 3.01. The van der Waals surface area contributed by atoms with Crippen LogP contribution in [0.3, 0.4) is 0 Å². The van der Waals surface area contributed by atoms with E-state index < -0.39 is 5.54 Å². The number of nitrogens with two attached hydrogens (primary N) is 1.